The van der Waals surface area contributed by atoms with Gasteiger partial charge in [0, 0.05) is 6.42 Å². The zero-order valence-electron chi connectivity index (χ0n) is 7.82. The maximum atomic E-state index is 12.4. The van der Waals surface area contributed by atoms with Crippen LogP contribution in [0.25, 0.3) is 0 Å². The van der Waals surface area contributed by atoms with Crippen LogP contribution >= 0.6 is 0 Å². The molecular weight excluding hydrogens is 181 g/mol. The van der Waals surface area contributed by atoms with Crippen LogP contribution in [0.15, 0.2) is 30.3 Å². The van der Waals surface area contributed by atoms with Gasteiger partial charge in [0.15, 0.2) is 6.17 Å². The van der Waals surface area contributed by atoms with Gasteiger partial charge in [0.25, 0.3) is 0 Å². The van der Waals surface area contributed by atoms with Gasteiger partial charge in [-0.05, 0) is 5.56 Å². The number of alkyl halides is 1. The van der Waals surface area contributed by atoms with Gasteiger partial charge in [-0.1, -0.05) is 30.3 Å². The number of nitrogens with zero attached hydrogens (tertiary/aromatic N) is 1. The van der Waals surface area contributed by atoms with E-state index in [1.165, 1.54) is 6.07 Å². The van der Waals surface area contributed by atoms with Gasteiger partial charge >= 0.3 is 0 Å². The summed E-state index contributed by atoms with van der Waals surface area (Å²) in [4.78, 5) is 0. The zero-order valence-corrected chi connectivity index (χ0v) is 7.82. The molecule has 14 heavy (non-hydrogen) atoms. The van der Waals surface area contributed by atoms with Crippen LogP contribution in [0.4, 0.5) is 4.39 Å². The van der Waals surface area contributed by atoms with Crippen molar-refractivity contribution in [1.82, 2.24) is 0 Å². The lowest BCUT2D eigenvalue weighted by Gasteiger charge is -2.03. The largest absolute Gasteiger partial charge is 0.377 e. The van der Waals surface area contributed by atoms with Gasteiger partial charge in [0.1, 0.15) is 0 Å². The van der Waals surface area contributed by atoms with E-state index < -0.39 is 6.17 Å². The second-order valence-electron chi connectivity index (χ2n) is 2.92. The molecule has 0 radical (unpaired) electrons. The molecule has 1 unspecified atom stereocenters. The van der Waals surface area contributed by atoms with Gasteiger partial charge in [-0.25, -0.2) is 4.39 Å². The maximum Gasteiger partial charge on any atom is 0.188 e. The number of hydrogen-bond donors (Lipinski definition) is 0. The van der Waals surface area contributed by atoms with Crippen LogP contribution in [0, 0.1) is 11.3 Å². The number of ether oxygens (including phenoxy) is 1. The predicted octanol–water partition coefficient (Wildman–Crippen LogP) is 2.45. The van der Waals surface area contributed by atoms with Gasteiger partial charge in [-0.15, -0.1) is 0 Å². The highest BCUT2D eigenvalue weighted by molar-refractivity contribution is 5.13. The van der Waals surface area contributed by atoms with E-state index in [4.69, 9.17) is 10.00 Å². The molecular formula is C11H12FNO. The summed E-state index contributed by atoms with van der Waals surface area (Å²) < 4.78 is 17.6. The summed E-state index contributed by atoms with van der Waals surface area (Å²) in [7, 11) is 0. The molecule has 0 aliphatic rings. The number of rotatable bonds is 5. The third-order valence-corrected chi connectivity index (χ3v) is 1.77. The Labute approximate surface area is 82.9 Å². The van der Waals surface area contributed by atoms with E-state index in [1.54, 1.807) is 0 Å². The Balaban J connectivity index is 2.14. The summed E-state index contributed by atoms with van der Waals surface area (Å²) in [5, 5.41) is 8.17. The highest BCUT2D eigenvalue weighted by atomic mass is 19.1. The zero-order chi connectivity index (χ0) is 10.2. The monoisotopic (exact) mass is 193 g/mol. The van der Waals surface area contributed by atoms with Crippen molar-refractivity contribution in [2.45, 2.75) is 19.2 Å². The van der Waals surface area contributed by atoms with Crippen molar-refractivity contribution < 1.29 is 9.13 Å². The lowest BCUT2D eigenvalue weighted by atomic mass is 10.2. The minimum Gasteiger partial charge on any atom is -0.377 e. The van der Waals surface area contributed by atoms with E-state index in [1.807, 2.05) is 30.3 Å². The van der Waals surface area contributed by atoms with Crippen LogP contribution in [-0.2, 0) is 11.3 Å². The first-order valence-electron chi connectivity index (χ1n) is 4.48. The Kier molecular flexibility index (Phi) is 4.66. The third kappa shape index (κ3) is 4.01. The molecule has 0 saturated carbocycles. The second-order valence-corrected chi connectivity index (χ2v) is 2.92. The molecule has 0 fully saturated rings. The Bertz CT molecular complexity index is 294. The average molecular weight is 193 g/mol. The first-order chi connectivity index (χ1) is 6.83. The first-order valence-corrected chi connectivity index (χ1v) is 4.48. The van der Waals surface area contributed by atoms with Crippen molar-refractivity contribution in [3.63, 3.8) is 0 Å². The standard InChI is InChI=1S/C11H12FNO/c12-11(8-13)6-7-14-9-10-4-2-1-3-5-10/h1-5,11H,6-7,9H2. The van der Waals surface area contributed by atoms with Gasteiger partial charge in [-0.2, -0.15) is 5.26 Å². The lowest BCUT2D eigenvalue weighted by molar-refractivity contribution is 0.107. The van der Waals surface area contributed by atoms with Gasteiger partial charge < -0.3 is 4.74 Å². The molecule has 0 N–H and O–H groups in total. The average Bonchev–Trinajstić information content (AvgIpc) is 2.25. The molecule has 2 nitrogen and oxygen atoms in total. The van der Waals surface area contributed by atoms with Crippen molar-refractivity contribution >= 4 is 0 Å². The van der Waals surface area contributed by atoms with E-state index in [-0.39, 0.29) is 13.0 Å². The molecule has 0 heterocycles. The smallest absolute Gasteiger partial charge is 0.188 e. The van der Waals surface area contributed by atoms with E-state index >= 15 is 0 Å². The van der Waals surface area contributed by atoms with Crippen molar-refractivity contribution in [3.05, 3.63) is 35.9 Å². The van der Waals surface area contributed by atoms with E-state index in [0.29, 0.717) is 6.61 Å². The van der Waals surface area contributed by atoms with Crippen LogP contribution in [0.2, 0.25) is 0 Å². The van der Waals surface area contributed by atoms with Crippen LogP contribution in [0.1, 0.15) is 12.0 Å². The molecule has 1 rings (SSSR count). The normalized spacial score (nSPS) is 12.0. The molecule has 0 aromatic heterocycles. The van der Waals surface area contributed by atoms with Gasteiger partial charge in [0.2, 0.25) is 0 Å². The Morgan fingerprint density at radius 1 is 1.36 bits per heavy atom. The van der Waals surface area contributed by atoms with Crippen molar-refractivity contribution in [3.8, 4) is 6.07 Å². The summed E-state index contributed by atoms with van der Waals surface area (Å²) in [6, 6.07) is 11.2. The topological polar surface area (TPSA) is 33.0 Å². The number of nitriles is 1. The van der Waals surface area contributed by atoms with E-state index in [9.17, 15) is 4.39 Å². The molecule has 1 aromatic rings. The highest BCUT2D eigenvalue weighted by Gasteiger charge is 2.02. The highest BCUT2D eigenvalue weighted by Crippen LogP contribution is 2.02. The van der Waals surface area contributed by atoms with E-state index in [2.05, 4.69) is 0 Å². The predicted molar refractivity (Wildman–Crippen MR) is 51.2 cm³/mol. The van der Waals surface area contributed by atoms with Gasteiger partial charge in [0.05, 0.1) is 19.3 Å². The summed E-state index contributed by atoms with van der Waals surface area (Å²) >= 11 is 0. The summed E-state index contributed by atoms with van der Waals surface area (Å²) in [5.74, 6) is 0. The SMILES string of the molecule is N#CC(F)CCOCc1ccccc1. The summed E-state index contributed by atoms with van der Waals surface area (Å²) in [6.07, 6.45) is -1.27. The fourth-order valence-corrected chi connectivity index (χ4v) is 1.02. The second kappa shape index (κ2) is 6.11. The Morgan fingerprint density at radius 2 is 2.07 bits per heavy atom. The molecule has 0 aliphatic heterocycles. The number of halogens is 1. The molecule has 0 spiro atoms. The lowest BCUT2D eigenvalue weighted by Crippen LogP contribution is -2.03. The molecule has 0 aliphatic carbocycles. The fraction of sp³-hybridized carbons (Fsp3) is 0.364. The number of benzene rings is 1. The first kappa shape index (κ1) is 10.7. The molecule has 1 aromatic carbocycles. The molecule has 3 heteroatoms. The van der Waals surface area contributed by atoms with Gasteiger partial charge in [-0.3, -0.25) is 0 Å². The molecule has 0 bridgehead atoms. The van der Waals surface area contributed by atoms with Crippen LogP contribution in [-0.4, -0.2) is 12.8 Å². The molecule has 0 saturated heterocycles. The van der Waals surface area contributed by atoms with Crippen molar-refractivity contribution in [1.29, 1.82) is 5.26 Å². The van der Waals surface area contributed by atoms with Crippen molar-refractivity contribution in [2.24, 2.45) is 0 Å². The van der Waals surface area contributed by atoms with Crippen LogP contribution < -0.4 is 0 Å². The number of hydrogen-bond acceptors (Lipinski definition) is 2. The maximum absolute atomic E-state index is 12.4. The Hall–Kier alpha value is -1.40. The summed E-state index contributed by atoms with van der Waals surface area (Å²) in [5.41, 5.74) is 1.06. The fourth-order valence-electron chi connectivity index (χ4n) is 1.02. The van der Waals surface area contributed by atoms with Crippen molar-refractivity contribution in [2.75, 3.05) is 6.61 Å². The quantitative estimate of drug-likeness (QED) is 0.673. The molecule has 1 atom stereocenters. The minimum atomic E-state index is -1.41. The summed E-state index contributed by atoms with van der Waals surface area (Å²) in [6.45, 7) is 0.753. The van der Waals surface area contributed by atoms with Crippen LogP contribution in [0.3, 0.4) is 0 Å². The molecule has 74 valence electrons. The minimum absolute atomic E-state index is 0.142. The van der Waals surface area contributed by atoms with E-state index in [0.717, 1.165) is 5.56 Å². The molecule has 0 amide bonds. The Morgan fingerprint density at radius 3 is 2.71 bits per heavy atom. The third-order valence-electron chi connectivity index (χ3n) is 1.77. The van der Waals surface area contributed by atoms with Crippen LogP contribution in [0.5, 0.6) is 0 Å².